The maximum atomic E-state index is 12.2. The lowest BCUT2D eigenvalue weighted by Gasteiger charge is -2.16. The van der Waals surface area contributed by atoms with Crippen molar-refractivity contribution in [2.75, 3.05) is 7.11 Å². The predicted molar refractivity (Wildman–Crippen MR) is 58.3 cm³/mol. The molecule has 90 valence electrons. The lowest BCUT2D eigenvalue weighted by molar-refractivity contribution is -0.138. The normalized spacial score (nSPS) is 13.6. The molecule has 0 aliphatic heterocycles. The standard InChI is InChI=1S/C10H11BrF3NO/c1-16-6-2-3-8(11)7(4-6)9(15)5-10(12,13)14/h2-4,9H,5,15H2,1H3/t9-/m0/s1. The highest BCUT2D eigenvalue weighted by atomic mass is 79.9. The van der Waals surface area contributed by atoms with Crippen molar-refractivity contribution in [1.29, 1.82) is 0 Å². The van der Waals surface area contributed by atoms with Crippen molar-refractivity contribution in [2.24, 2.45) is 5.73 Å². The molecule has 0 radical (unpaired) electrons. The number of nitrogens with two attached hydrogens (primary N) is 1. The molecule has 0 unspecified atom stereocenters. The molecular formula is C10H11BrF3NO. The fourth-order valence-electron chi connectivity index (χ4n) is 1.29. The first-order chi connectivity index (χ1) is 7.33. The van der Waals surface area contributed by atoms with E-state index in [1.165, 1.54) is 13.2 Å². The molecule has 0 saturated carbocycles. The summed E-state index contributed by atoms with van der Waals surface area (Å²) in [5, 5.41) is 0. The van der Waals surface area contributed by atoms with Crippen molar-refractivity contribution in [3.05, 3.63) is 28.2 Å². The van der Waals surface area contributed by atoms with Gasteiger partial charge in [-0.2, -0.15) is 13.2 Å². The van der Waals surface area contributed by atoms with Crippen molar-refractivity contribution in [3.63, 3.8) is 0 Å². The number of halogens is 4. The van der Waals surface area contributed by atoms with Gasteiger partial charge in [-0.25, -0.2) is 0 Å². The third-order valence-electron chi connectivity index (χ3n) is 2.05. The molecule has 0 saturated heterocycles. The number of hydrogen-bond acceptors (Lipinski definition) is 2. The van der Waals surface area contributed by atoms with Crippen LogP contribution in [0, 0.1) is 0 Å². The predicted octanol–water partition coefficient (Wildman–Crippen LogP) is 3.41. The summed E-state index contributed by atoms with van der Waals surface area (Å²) >= 11 is 3.16. The van der Waals surface area contributed by atoms with Crippen LogP contribution in [0.5, 0.6) is 5.75 Å². The number of ether oxygens (including phenoxy) is 1. The van der Waals surface area contributed by atoms with E-state index >= 15 is 0 Å². The highest BCUT2D eigenvalue weighted by Gasteiger charge is 2.31. The zero-order valence-corrected chi connectivity index (χ0v) is 10.1. The summed E-state index contributed by atoms with van der Waals surface area (Å²) in [5.74, 6) is 0.482. The Morgan fingerprint density at radius 2 is 2.06 bits per heavy atom. The van der Waals surface area contributed by atoms with E-state index in [4.69, 9.17) is 10.5 Å². The first kappa shape index (κ1) is 13.3. The van der Waals surface area contributed by atoms with E-state index in [0.717, 1.165) is 0 Å². The number of benzene rings is 1. The van der Waals surface area contributed by atoms with Crippen molar-refractivity contribution < 1.29 is 17.9 Å². The van der Waals surface area contributed by atoms with Crippen molar-refractivity contribution >= 4 is 15.9 Å². The first-order valence-corrected chi connectivity index (χ1v) is 5.28. The molecule has 1 atom stereocenters. The Bertz CT molecular complexity index is 368. The molecule has 0 aliphatic rings. The quantitative estimate of drug-likeness (QED) is 0.928. The molecule has 2 nitrogen and oxygen atoms in total. The summed E-state index contributed by atoms with van der Waals surface area (Å²) in [6, 6.07) is 3.67. The topological polar surface area (TPSA) is 35.2 Å². The van der Waals surface area contributed by atoms with E-state index in [9.17, 15) is 13.2 Å². The Labute approximate surface area is 99.7 Å². The molecular weight excluding hydrogens is 287 g/mol. The van der Waals surface area contributed by atoms with E-state index < -0.39 is 18.6 Å². The van der Waals surface area contributed by atoms with Gasteiger partial charge in [-0.1, -0.05) is 15.9 Å². The zero-order chi connectivity index (χ0) is 12.3. The fraction of sp³-hybridized carbons (Fsp3) is 0.400. The highest BCUT2D eigenvalue weighted by molar-refractivity contribution is 9.10. The Hall–Kier alpha value is -0.750. The fourth-order valence-corrected chi connectivity index (χ4v) is 1.83. The first-order valence-electron chi connectivity index (χ1n) is 4.49. The molecule has 0 bridgehead atoms. The second-order valence-corrected chi connectivity index (χ2v) is 4.17. The Morgan fingerprint density at radius 3 is 2.56 bits per heavy atom. The molecule has 16 heavy (non-hydrogen) atoms. The summed E-state index contributed by atoms with van der Waals surface area (Å²) in [7, 11) is 1.45. The molecule has 2 N–H and O–H groups in total. The van der Waals surface area contributed by atoms with Gasteiger partial charge >= 0.3 is 6.18 Å². The summed E-state index contributed by atoms with van der Waals surface area (Å²) in [6.45, 7) is 0. The average molecular weight is 298 g/mol. The Morgan fingerprint density at radius 1 is 1.44 bits per heavy atom. The van der Waals surface area contributed by atoms with Gasteiger partial charge in [-0.05, 0) is 23.8 Å². The molecule has 0 fully saturated rings. The van der Waals surface area contributed by atoms with Crippen LogP contribution >= 0.6 is 15.9 Å². The van der Waals surface area contributed by atoms with E-state index in [1.807, 2.05) is 0 Å². The van der Waals surface area contributed by atoms with Gasteiger partial charge in [0.05, 0.1) is 13.5 Å². The van der Waals surface area contributed by atoms with Gasteiger partial charge < -0.3 is 10.5 Å². The minimum Gasteiger partial charge on any atom is -0.497 e. The summed E-state index contributed by atoms with van der Waals surface area (Å²) < 4.78 is 42.0. The second-order valence-electron chi connectivity index (χ2n) is 3.31. The van der Waals surface area contributed by atoms with Gasteiger partial charge in [0.2, 0.25) is 0 Å². The minimum atomic E-state index is -4.28. The third kappa shape index (κ3) is 3.68. The van der Waals surface area contributed by atoms with E-state index in [-0.39, 0.29) is 0 Å². The largest absolute Gasteiger partial charge is 0.497 e. The monoisotopic (exact) mass is 297 g/mol. The SMILES string of the molecule is COc1ccc(Br)c([C@@H](N)CC(F)(F)F)c1. The van der Waals surface area contributed by atoms with Gasteiger partial charge in [0.15, 0.2) is 0 Å². The molecule has 0 aliphatic carbocycles. The average Bonchev–Trinajstić information content (AvgIpc) is 2.15. The summed E-state index contributed by atoms with van der Waals surface area (Å²) in [4.78, 5) is 0. The van der Waals surface area contributed by atoms with Crippen LogP contribution in [0.25, 0.3) is 0 Å². The van der Waals surface area contributed by atoms with Crippen LogP contribution in [-0.2, 0) is 0 Å². The summed E-state index contributed by atoms with van der Waals surface area (Å²) in [6.07, 6.45) is -5.33. The molecule has 0 heterocycles. The Kier molecular flexibility index (Phi) is 4.21. The van der Waals surface area contributed by atoms with Gasteiger partial charge in [-0.3, -0.25) is 0 Å². The number of rotatable bonds is 3. The summed E-state index contributed by atoms with van der Waals surface area (Å²) in [5.41, 5.74) is 5.89. The van der Waals surface area contributed by atoms with Gasteiger partial charge in [-0.15, -0.1) is 0 Å². The van der Waals surface area contributed by atoms with E-state index in [1.54, 1.807) is 12.1 Å². The number of methoxy groups -OCH3 is 1. The molecule has 0 spiro atoms. The lowest BCUT2D eigenvalue weighted by Crippen LogP contribution is -2.20. The maximum Gasteiger partial charge on any atom is 0.390 e. The van der Waals surface area contributed by atoms with Crippen LogP contribution in [-0.4, -0.2) is 13.3 Å². The van der Waals surface area contributed by atoms with Crippen molar-refractivity contribution in [2.45, 2.75) is 18.6 Å². The zero-order valence-electron chi connectivity index (χ0n) is 8.51. The van der Waals surface area contributed by atoms with E-state index in [2.05, 4.69) is 15.9 Å². The van der Waals surface area contributed by atoms with Gasteiger partial charge in [0.1, 0.15) is 5.75 Å². The molecule has 6 heteroatoms. The van der Waals surface area contributed by atoms with Gasteiger partial charge in [0.25, 0.3) is 0 Å². The second kappa shape index (κ2) is 5.05. The van der Waals surface area contributed by atoms with E-state index in [0.29, 0.717) is 15.8 Å². The van der Waals surface area contributed by atoms with Crippen molar-refractivity contribution in [3.8, 4) is 5.75 Å². The number of hydrogen-bond donors (Lipinski definition) is 1. The van der Waals surface area contributed by atoms with Crippen LogP contribution < -0.4 is 10.5 Å². The van der Waals surface area contributed by atoms with Crippen LogP contribution in [0.4, 0.5) is 13.2 Å². The minimum absolute atomic E-state index is 0.386. The maximum absolute atomic E-state index is 12.2. The molecule has 0 aromatic heterocycles. The van der Waals surface area contributed by atoms with Crippen LogP contribution in [0.1, 0.15) is 18.0 Å². The molecule has 0 amide bonds. The Balaban J connectivity index is 2.93. The molecule has 1 aromatic carbocycles. The smallest absolute Gasteiger partial charge is 0.390 e. The van der Waals surface area contributed by atoms with Crippen LogP contribution in [0.15, 0.2) is 22.7 Å². The van der Waals surface area contributed by atoms with Crippen LogP contribution in [0.2, 0.25) is 0 Å². The van der Waals surface area contributed by atoms with Crippen LogP contribution in [0.3, 0.4) is 0 Å². The van der Waals surface area contributed by atoms with Crippen molar-refractivity contribution in [1.82, 2.24) is 0 Å². The highest BCUT2D eigenvalue weighted by Crippen LogP contribution is 2.33. The van der Waals surface area contributed by atoms with Gasteiger partial charge in [0, 0.05) is 10.5 Å². The molecule has 1 rings (SSSR count). The molecule has 1 aromatic rings. The number of alkyl halides is 3. The third-order valence-corrected chi connectivity index (χ3v) is 2.78. The lowest BCUT2D eigenvalue weighted by atomic mass is 10.0.